The van der Waals surface area contributed by atoms with Gasteiger partial charge in [-0.1, -0.05) is 151 Å². The largest absolute Gasteiger partial charge is 0.494 e. The van der Waals surface area contributed by atoms with Crippen molar-refractivity contribution in [1.29, 1.82) is 0 Å². The van der Waals surface area contributed by atoms with Gasteiger partial charge in [0, 0.05) is 30.4 Å². The smallest absolute Gasteiger partial charge is 0.270 e. The van der Waals surface area contributed by atoms with Crippen LogP contribution < -0.4 is 14.4 Å². The zero-order chi connectivity index (χ0) is 43.8. The highest BCUT2D eigenvalue weighted by Crippen LogP contribution is 2.63. The fourth-order valence-electron chi connectivity index (χ4n) is 8.28. The van der Waals surface area contributed by atoms with Gasteiger partial charge in [0.25, 0.3) is 5.69 Å². The van der Waals surface area contributed by atoms with Gasteiger partial charge in [-0.3, -0.25) is 10.1 Å². The Labute approximate surface area is 403 Å². The fourth-order valence-corrected chi connectivity index (χ4v) is 18.3. The van der Waals surface area contributed by atoms with E-state index in [1.54, 1.807) is 20.6 Å². The van der Waals surface area contributed by atoms with Crippen molar-refractivity contribution < 1.29 is 14.4 Å². The SMILES string of the molecule is CCCCCCSC1=C(SCCCCCC)SC(=C2SC=C(SCCCCCCCCCCCCOc3ccc4c(c3)C(C)(C)C3(C=Cc5cc([N+](=O)[O-])ccc5O3)N4C)S2)S1. The number of thioether (sulfide) groups is 7. The predicted molar refractivity (Wildman–Crippen MR) is 283 cm³/mol. The summed E-state index contributed by atoms with van der Waals surface area (Å²) in [5, 5.41) is 13.7. The normalized spacial score (nSPS) is 18.8. The van der Waals surface area contributed by atoms with Crippen molar-refractivity contribution in [1.82, 2.24) is 0 Å². The molecule has 0 amide bonds. The number of nitro groups is 1. The number of non-ortho nitro benzene ring substituents is 1. The van der Waals surface area contributed by atoms with Gasteiger partial charge < -0.3 is 14.4 Å². The van der Waals surface area contributed by atoms with E-state index in [0.29, 0.717) is 5.75 Å². The minimum absolute atomic E-state index is 0.0642. The monoisotopic (exact) mass is 972 g/mol. The fraction of sp³-hybridized carbons (Fsp3) is 0.592. The van der Waals surface area contributed by atoms with Crippen molar-refractivity contribution in [3.63, 3.8) is 0 Å². The Morgan fingerprint density at radius 1 is 0.726 bits per heavy atom. The highest BCUT2D eigenvalue weighted by atomic mass is 32.3. The van der Waals surface area contributed by atoms with Gasteiger partial charge in [0.2, 0.25) is 5.72 Å². The minimum atomic E-state index is -0.745. The summed E-state index contributed by atoms with van der Waals surface area (Å²) in [5.41, 5.74) is 1.93. The number of nitrogens with zero attached hydrogens (tertiary/aromatic N) is 2. The van der Waals surface area contributed by atoms with Gasteiger partial charge in [0.1, 0.15) is 11.5 Å². The molecular weight excluding hydrogens is 905 g/mol. The lowest BCUT2D eigenvalue weighted by Gasteiger charge is -2.45. The Morgan fingerprint density at radius 2 is 1.32 bits per heavy atom. The van der Waals surface area contributed by atoms with E-state index in [-0.39, 0.29) is 16.0 Å². The van der Waals surface area contributed by atoms with Crippen molar-refractivity contribution in [2.45, 2.75) is 154 Å². The summed E-state index contributed by atoms with van der Waals surface area (Å²) in [6.07, 6.45) is 27.7. The van der Waals surface area contributed by atoms with E-state index in [2.05, 4.69) is 122 Å². The molecule has 0 saturated heterocycles. The van der Waals surface area contributed by atoms with E-state index in [4.69, 9.17) is 9.47 Å². The number of benzene rings is 2. The maximum atomic E-state index is 11.3. The standard InChI is InChI=1S/C49H68N2O4S7/c1-6-8-10-21-32-57-44-45(58-33-22-11-9-7-2)62-47(61-44)46-59-36-43(60-46)56-31-23-19-17-15-13-12-14-16-18-20-30-54-39-25-26-41-40(35-39)48(3,4)49(50(41)5)29-28-37-34-38(51(52)53)24-27-42(37)55-49/h24-29,34-36H,6-23,30-33H2,1-5H3. The molecule has 2 aromatic rings. The molecule has 6 rings (SSSR count). The molecule has 0 radical (unpaired) electrons. The molecule has 0 N–H and O–H groups in total. The second kappa shape index (κ2) is 25.5. The quantitative estimate of drug-likeness (QED) is 0.0463. The van der Waals surface area contributed by atoms with Crippen LogP contribution in [0.4, 0.5) is 11.4 Å². The zero-order valence-electron chi connectivity index (χ0n) is 37.6. The van der Waals surface area contributed by atoms with E-state index >= 15 is 0 Å². The Balaban J connectivity index is 0.797. The number of likely N-dealkylation sites (N-methyl/N-ethyl adjacent to an activating group) is 1. The number of unbranched alkanes of at least 4 members (excludes halogenated alkanes) is 15. The van der Waals surface area contributed by atoms with Gasteiger partial charge in [-0.25, -0.2) is 0 Å². The summed E-state index contributed by atoms with van der Waals surface area (Å²) in [5.74, 6) is 5.29. The summed E-state index contributed by atoms with van der Waals surface area (Å²) in [6.45, 7) is 9.71. The zero-order valence-corrected chi connectivity index (χ0v) is 43.4. The van der Waals surface area contributed by atoms with Crippen molar-refractivity contribution >= 4 is 99.8 Å². The van der Waals surface area contributed by atoms with Gasteiger partial charge in [0.05, 0.1) is 38.1 Å². The van der Waals surface area contributed by atoms with Crippen LogP contribution >= 0.6 is 82.3 Å². The van der Waals surface area contributed by atoms with E-state index in [9.17, 15) is 10.1 Å². The predicted octanol–water partition coefficient (Wildman–Crippen LogP) is 17.8. The number of hydrogen-bond donors (Lipinski definition) is 0. The number of rotatable bonds is 28. The molecular formula is C49H68N2O4S7. The summed E-state index contributed by atoms with van der Waals surface area (Å²) < 4.78 is 20.6. The third kappa shape index (κ3) is 13.4. The van der Waals surface area contributed by atoms with Crippen LogP contribution in [0.5, 0.6) is 11.5 Å². The summed E-state index contributed by atoms with van der Waals surface area (Å²) in [4.78, 5) is 13.1. The first-order chi connectivity index (χ1) is 30.2. The number of nitro benzene ring substituents is 1. The third-order valence-electron chi connectivity index (χ3n) is 12.0. The molecule has 6 nitrogen and oxygen atoms in total. The molecule has 1 atom stereocenters. The summed E-state index contributed by atoms with van der Waals surface area (Å²) >= 11 is 14.4. The van der Waals surface area contributed by atoms with E-state index < -0.39 is 5.72 Å². The second-order valence-electron chi connectivity index (χ2n) is 17.0. The van der Waals surface area contributed by atoms with Crippen LogP contribution in [0.15, 0.2) is 69.1 Å². The molecule has 0 bridgehead atoms. The van der Waals surface area contributed by atoms with Crippen LogP contribution in [0.3, 0.4) is 0 Å². The first-order valence-corrected chi connectivity index (χ1v) is 29.4. The number of fused-ring (bicyclic) bond motifs is 2. The number of hydrogen-bond acceptors (Lipinski definition) is 12. The first-order valence-electron chi connectivity index (χ1n) is 23.1. The molecule has 13 heteroatoms. The Hall–Kier alpha value is -1.35. The molecule has 4 aliphatic rings. The minimum Gasteiger partial charge on any atom is -0.494 e. The maximum absolute atomic E-state index is 11.3. The average molecular weight is 974 g/mol. The summed E-state index contributed by atoms with van der Waals surface area (Å²) in [6, 6.07) is 11.2. The summed E-state index contributed by atoms with van der Waals surface area (Å²) in [7, 11) is 2.05. The topological polar surface area (TPSA) is 64.8 Å². The van der Waals surface area contributed by atoms with Gasteiger partial charge >= 0.3 is 0 Å². The Morgan fingerprint density at radius 3 is 1.95 bits per heavy atom. The van der Waals surface area contributed by atoms with Gasteiger partial charge in [-0.2, -0.15) is 0 Å². The van der Waals surface area contributed by atoms with Crippen LogP contribution in [0, 0.1) is 10.1 Å². The second-order valence-corrected chi connectivity index (χ2v) is 25.6. The van der Waals surface area contributed by atoms with Gasteiger partial charge in [0.15, 0.2) is 0 Å². The molecule has 0 fully saturated rings. The molecule has 0 aliphatic carbocycles. The maximum Gasteiger partial charge on any atom is 0.270 e. The molecule has 4 heterocycles. The van der Waals surface area contributed by atoms with Crippen molar-refractivity contribution in [2.24, 2.45) is 0 Å². The Kier molecular flexibility index (Phi) is 20.6. The van der Waals surface area contributed by atoms with Crippen LogP contribution in [0.2, 0.25) is 0 Å². The molecule has 340 valence electrons. The molecule has 4 aliphatic heterocycles. The van der Waals surface area contributed by atoms with Crippen molar-refractivity contribution in [3.8, 4) is 11.5 Å². The van der Waals surface area contributed by atoms with E-state index in [1.165, 1.54) is 151 Å². The number of anilines is 1. The third-order valence-corrected chi connectivity index (χ3v) is 22.1. The molecule has 0 aromatic heterocycles. The lowest BCUT2D eigenvalue weighted by molar-refractivity contribution is -0.384. The first kappa shape index (κ1) is 50.1. The highest BCUT2D eigenvalue weighted by molar-refractivity contribution is 8.43. The lowest BCUT2D eigenvalue weighted by Crippen LogP contribution is -2.58. The lowest BCUT2D eigenvalue weighted by atomic mass is 9.76. The molecule has 1 unspecified atom stereocenters. The van der Waals surface area contributed by atoms with Crippen LogP contribution in [0.1, 0.15) is 154 Å². The molecule has 2 aromatic carbocycles. The van der Waals surface area contributed by atoms with Crippen molar-refractivity contribution in [3.05, 3.63) is 90.3 Å². The molecule has 0 saturated carbocycles. The molecule has 62 heavy (non-hydrogen) atoms. The van der Waals surface area contributed by atoms with Crippen LogP contribution in [-0.4, -0.2) is 41.6 Å². The van der Waals surface area contributed by atoms with Gasteiger partial charge in [-0.15, -0.1) is 35.3 Å². The van der Waals surface area contributed by atoms with E-state index in [1.807, 2.05) is 35.7 Å². The average Bonchev–Trinajstić information content (AvgIpc) is 3.95. The van der Waals surface area contributed by atoms with E-state index in [0.717, 1.165) is 30.0 Å². The molecule has 1 spiro atoms. The highest BCUT2D eigenvalue weighted by Gasteiger charge is 2.57. The van der Waals surface area contributed by atoms with Gasteiger partial charge in [-0.05, 0) is 104 Å². The van der Waals surface area contributed by atoms with Crippen LogP contribution in [-0.2, 0) is 5.41 Å². The Bertz CT molecular complexity index is 1900. The van der Waals surface area contributed by atoms with Crippen molar-refractivity contribution in [2.75, 3.05) is 35.8 Å². The van der Waals surface area contributed by atoms with Crippen LogP contribution in [0.25, 0.3) is 6.08 Å². The number of ether oxygens (including phenoxy) is 2.